The fourth-order valence-electron chi connectivity index (χ4n) is 1.58. The monoisotopic (exact) mass is 200 g/mol. The van der Waals surface area contributed by atoms with E-state index in [2.05, 4.69) is 24.3 Å². The molecule has 14 heavy (non-hydrogen) atoms. The lowest BCUT2D eigenvalue weighted by Crippen LogP contribution is -2.14. The molecule has 1 nitrogen and oxygen atoms in total. The smallest absolute Gasteiger partial charge is 0.135 e. The van der Waals surface area contributed by atoms with E-state index in [1.165, 1.54) is 10.6 Å². The van der Waals surface area contributed by atoms with E-state index in [0.29, 0.717) is 0 Å². The maximum absolute atomic E-state index is 5.78. The highest BCUT2D eigenvalue weighted by atomic mass is 31.1. The van der Waals surface area contributed by atoms with Crippen molar-refractivity contribution < 1.29 is 4.74 Å². The van der Waals surface area contributed by atoms with Crippen LogP contribution in [0.4, 0.5) is 0 Å². The first kappa shape index (κ1) is 8.02. The van der Waals surface area contributed by atoms with E-state index < -0.39 is 0 Å². The third-order valence-corrected chi connectivity index (χ3v) is 3.63. The zero-order chi connectivity index (χ0) is 9.38. The van der Waals surface area contributed by atoms with Crippen molar-refractivity contribution in [2.24, 2.45) is 0 Å². The Kier molecular flexibility index (Phi) is 1.78. The third-order valence-electron chi connectivity index (χ3n) is 2.26. The van der Waals surface area contributed by atoms with E-state index in [-0.39, 0.29) is 0 Å². The average molecular weight is 200 g/mol. The van der Waals surface area contributed by atoms with Gasteiger partial charge in [0, 0.05) is 10.6 Å². The summed E-state index contributed by atoms with van der Waals surface area (Å²) in [5, 5.41) is 2.59. The largest absolute Gasteiger partial charge is 0.456 e. The summed E-state index contributed by atoms with van der Waals surface area (Å²) in [5.41, 5.74) is 0. The SMILES string of the molecule is c1ccc2c(c1)Oc1ccccc1P2. The second-order valence-corrected chi connectivity index (χ2v) is 4.55. The molecule has 0 radical (unpaired) electrons. The van der Waals surface area contributed by atoms with Crippen LogP contribution in [-0.2, 0) is 0 Å². The summed E-state index contributed by atoms with van der Waals surface area (Å²) in [7, 11) is 0.719. The van der Waals surface area contributed by atoms with Gasteiger partial charge < -0.3 is 4.74 Å². The molecule has 1 heterocycles. The lowest BCUT2D eigenvalue weighted by molar-refractivity contribution is 0.489. The van der Waals surface area contributed by atoms with Gasteiger partial charge in [0.2, 0.25) is 0 Å². The number of hydrogen-bond donors (Lipinski definition) is 0. The van der Waals surface area contributed by atoms with E-state index >= 15 is 0 Å². The average Bonchev–Trinajstić information content (AvgIpc) is 2.26. The van der Waals surface area contributed by atoms with Crippen molar-refractivity contribution in [3.05, 3.63) is 48.5 Å². The van der Waals surface area contributed by atoms with Gasteiger partial charge in [0.25, 0.3) is 0 Å². The second kappa shape index (κ2) is 3.11. The molecule has 0 spiro atoms. The van der Waals surface area contributed by atoms with Crippen molar-refractivity contribution >= 4 is 19.2 Å². The van der Waals surface area contributed by atoms with Gasteiger partial charge in [-0.05, 0) is 12.1 Å². The van der Waals surface area contributed by atoms with Crippen molar-refractivity contribution in [2.75, 3.05) is 0 Å². The van der Waals surface area contributed by atoms with Gasteiger partial charge in [-0.1, -0.05) is 45.0 Å². The molecule has 0 amide bonds. The van der Waals surface area contributed by atoms with E-state index in [1.54, 1.807) is 0 Å². The van der Waals surface area contributed by atoms with Crippen molar-refractivity contribution in [1.82, 2.24) is 0 Å². The normalized spacial score (nSPS) is 12.6. The molecule has 0 fully saturated rings. The van der Waals surface area contributed by atoms with Gasteiger partial charge in [-0.2, -0.15) is 0 Å². The Morgan fingerprint density at radius 3 is 1.79 bits per heavy atom. The molecule has 0 N–H and O–H groups in total. The summed E-state index contributed by atoms with van der Waals surface area (Å²) in [6.07, 6.45) is 0. The van der Waals surface area contributed by atoms with Crippen LogP contribution in [-0.4, -0.2) is 0 Å². The Balaban J connectivity index is 2.12. The summed E-state index contributed by atoms with van der Waals surface area (Å²) in [4.78, 5) is 0. The molecule has 2 aromatic rings. The quantitative estimate of drug-likeness (QED) is 0.506. The van der Waals surface area contributed by atoms with Crippen molar-refractivity contribution in [3.63, 3.8) is 0 Å². The molecule has 0 unspecified atom stereocenters. The first-order valence-corrected chi connectivity index (χ1v) is 5.56. The molecule has 0 atom stereocenters. The highest BCUT2D eigenvalue weighted by Gasteiger charge is 2.14. The van der Waals surface area contributed by atoms with Crippen molar-refractivity contribution in [3.8, 4) is 11.5 Å². The Hall–Kier alpha value is -1.33. The maximum Gasteiger partial charge on any atom is 0.135 e. The van der Waals surface area contributed by atoms with Crippen LogP contribution >= 0.6 is 8.58 Å². The lowest BCUT2D eigenvalue weighted by Gasteiger charge is -2.19. The highest BCUT2D eigenvalue weighted by Crippen LogP contribution is 2.31. The van der Waals surface area contributed by atoms with Crippen molar-refractivity contribution in [2.45, 2.75) is 0 Å². The molecule has 68 valence electrons. The molecular weight excluding hydrogens is 191 g/mol. The summed E-state index contributed by atoms with van der Waals surface area (Å²) in [5.74, 6) is 2.01. The van der Waals surface area contributed by atoms with Crippen LogP contribution in [0.5, 0.6) is 11.5 Å². The van der Waals surface area contributed by atoms with Gasteiger partial charge in [0.05, 0.1) is 0 Å². The van der Waals surface area contributed by atoms with Crippen LogP contribution in [0.1, 0.15) is 0 Å². The van der Waals surface area contributed by atoms with Gasteiger partial charge in [0.1, 0.15) is 11.5 Å². The van der Waals surface area contributed by atoms with Crippen LogP contribution in [0.2, 0.25) is 0 Å². The Morgan fingerprint density at radius 2 is 1.21 bits per heavy atom. The lowest BCUT2D eigenvalue weighted by atomic mass is 10.3. The van der Waals surface area contributed by atoms with Gasteiger partial charge in [-0.25, -0.2) is 0 Å². The molecule has 1 aliphatic rings. The molecular formula is C12H9OP. The second-order valence-electron chi connectivity index (χ2n) is 3.22. The first-order chi connectivity index (χ1) is 6.93. The van der Waals surface area contributed by atoms with Crippen molar-refractivity contribution in [1.29, 1.82) is 0 Å². The minimum absolute atomic E-state index is 0.719. The molecule has 0 aliphatic carbocycles. The molecule has 2 aromatic carbocycles. The van der Waals surface area contributed by atoms with Gasteiger partial charge in [-0.15, -0.1) is 0 Å². The molecule has 0 bridgehead atoms. The number of ether oxygens (including phenoxy) is 1. The van der Waals surface area contributed by atoms with Crippen LogP contribution in [0.15, 0.2) is 48.5 Å². The molecule has 3 rings (SSSR count). The topological polar surface area (TPSA) is 9.23 Å². The fourth-order valence-corrected chi connectivity index (χ4v) is 2.75. The van der Waals surface area contributed by atoms with E-state index in [4.69, 9.17) is 4.74 Å². The number of benzene rings is 2. The Morgan fingerprint density at radius 1 is 0.714 bits per heavy atom. The number of hydrogen-bond acceptors (Lipinski definition) is 1. The summed E-state index contributed by atoms with van der Waals surface area (Å²) < 4.78 is 5.78. The molecule has 0 saturated carbocycles. The summed E-state index contributed by atoms with van der Waals surface area (Å²) in [6, 6.07) is 16.4. The maximum atomic E-state index is 5.78. The summed E-state index contributed by atoms with van der Waals surface area (Å²) in [6.45, 7) is 0. The zero-order valence-corrected chi connectivity index (χ0v) is 8.53. The van der Waals surface area contributed by atoms with Crippen LogP contribution in [0, 0.1) is 0 Å². The first-order valence-electron chi connectivity index (χ1n) is 4.56. The van der Waals surface area contributed by atoms with E-state index in [1.807, 2.05) is 24.3 Å². The molecule has 0 aromatic heterocycles. The van der Waals surface area contributed by atoms with E-state index in [9.17, 15) is 0 Å². The van der Waals surface area contributed by atoms with Crippen LogP contribution in [0.3, 0.4) is 0 Å². The van der Waals surface area contributed by atoms with Crippen LogP contribution in [0.25, 0.3) is 0 Å². The van der Waals surface area contributed by atoms with Gasteiger partial charge in [0.15, 0.2) is 0 Å². The third kappa shape index (κ3) is 1.21. The summed E-state index contributed by atoms with van der Waals surface area (Å²) >= 11 is 0. The standard InChI is InChI=1S/C12H9OP/c1-3-7-11-9(5-1)13-10-6-2-4-8-12(10)14-11/h1-8,14H. The molecule has 2 heteroatoms. The van der Waals surface area contributed by atoms with Gasteiger partial charge >= 0.3 is 0 Å². The predicted molar refractivity (Wildman–Crippen MR) is 60.5 cm³/mol. The minimum atomic E-state index is 0.719. The Labute approximate surface area is 84.5 Å². The number of para-hydroxylation sites is 2. The van der Waals surface area contributed by atoms with Crippen LogP contribution < -0.4 is 15.3 Å². The fraction of sp³-hybridized carbons (Fsp3) is 0. The zero-order valence-electron chi connectivity index (χ0n) is 7.53. The predicted octanol–water partition coefficient (Wildman–Crippen LogP) is 2.42. The Bertz CT molecular complexity index is 392. The number of rotatable bonds is 0. The minimum Gasteiger partial charge on any atom is -0.456 e. The number of fused-ring (bicyclic) bond motifs is 2. The molecule has 0 saturated heterocycles. The van der Waals surface area contributed by atoms with Gasteiger partial charge in [-0.3, -0.25) is 0 Å². The highest BCUT2D eigenvalue weighted by molar-refractivity contribution is 7.56. The molecule has 1 aliphatic heterocycles. The van der Waals surface area contributed by atoms with E-state index in [0.717, 1.165) is 20.1 Å².